The lowest BCUT2D eigenvalue weighted by Gasteiger charge is -2.34. The Bertz CT molecular complexity index is 812. The average Bonchev–Trinajstić information content (AvgIpc) is 2.58. The Labute approximate surface area is 138 Å². The number of hydrogen-bond acceptors (Lipinski definition) is 4. The van der Waals surface area contributed by atoms with Gasteiger partial charge in [-0.1, -0.05) is 30.3 Å². The molecule has 1 aliphatic heterocycles. The van der Waals surface area contributed by atoms with Crippen LogP contribution in [0.3, 0.4) is 0 Å². The molecule has 0 aliphatic carbocycles. The summed E-state index contributed by atoms with van der Waals surface area (Å²) in [4.78, 5) is 39.1. The monoisotopic (exact) mass is 328 g/mol. The summed E-state index contributed by atoms with van der Waals surface area (Å²) in [6, 6.07) is 11.6. The zero-order chi connectivity index (χ0) is 16.9. The first-order valence-electron chi connectivity index (χ1n) is 7.96. The number of H-pyrrole nitrogens is 1. The van der Waals surface area contributed by atoms with E-state index in [4.69, 9.17) is 0 Å². The smallest absolute Gasteiger partial charge is 0.328 e. The highest BCUT2D eigenvalue weighted by Crippen LogP contribution is 2.08. The Kier molecular flexibility index (Phi) is 4.90. The second-order valence-corrected chi connectivity index (χ2v) is 5.92. The van der Waals surface area contributed by atoms with Gasteiger partial charge in [0.1, 0.15) is 6.54 Å². The van der Waals surface area contributed by atoms with E-state index in [0.29, 0.717) is 13.1 Å². The van der Waals surface area contributed by atoms with Crippen LogP contribution in [0.1, 0.15) is 5.56 Å². The number of carbonyl (C=O) groups is 1. The number of rotatable bonds is 4. The first kappa shape index (κ1) is 16.2. The third-order valence-electron chi connectivity index (χ3n) is 4.14. The summed E-state index contributed by atoms with van der Waals surface area (Å²) in [7, 11) is 0. The van der Waals surface area contributed by atoms with Gasteiger partial charge in [-0.2, -0.15) is 0 Å². The molecule has 0 radical (unpaired) electrons. The summed E-state index contributed by atoms with van der Waals surface area (Å²) < 4.78 is 1.22. The number of carbonyl (C=O) groups excluding carboxylic acids is 1. The van der Waals surface area contributed by atoms with Crippen molar-refractivity contribution >= 4 is 5.91 Å². The van der Waals surface area contributed by atoms with Gasteiger partial charge in [-0.15, -0.1) is 0 Å². The zero-order valence-corrected chi connectivity index (χ0v) is 13.3. The fourth-order valence-electron chi connectivity index (χ4n) is 2.90. The minimum absolute atomic E-state index is 0.0618. The predicted molar refractivity (Wildman–Crippen MR) is 89.8 cm³/mol. The van der Waals surface area contributed by atoms with E-state index in [9.17, 15) is 14.4 Å². The summed E-state index contributed by atoms with van der Waals surface area (Å²) in [5, 5.41) is 3.43. The van der Waals surface area contributed by atoms with Gasteiger partial charge >= 0.3 is 5.69 Å². The molecule has 1 aromatic carbocycles. The Hall–Kier alpha value is -2.67. The number of hydrogen-bond donors (Lipinski definition) is 2. The van der Waals surface area contributed by atoms with Crippen molar-refractivity contribution in [3.8, 4) is 0 Å². The van der Waals surface area contributed by atoms with Crippen molar-refractivity contribution in [2.75, 3.05) is 19.6 Å². The van der Waals surface area contributed by atoms with E-state index in [1.165, 1.54) is 22.4 Å². The van der Waals surface area contributed by atoms with E-state index in [2.05, 4.69) is 22.4 Å². The van der Waals surface area contributed by atoms with Crippen LogP contribution < -0.4 is 16.6 Å². The van der Waals surface area contributed by atoms with E-state index in [1.807, 2.05) is 18.2 Å². The molecule has 24 heavy (non-hydrogen) atoms. The molecule has 0 bridgehead atoms. The van der Waals surface area contributed by atoms with E-state index >= 15 is 0 Å². The number of nitrogens with zero attached hydrogens (tertiary/aromatic N) is 2. The molecule has 1 unspecified atom stereocenters. The molecule has 126 valence electrons. The highest BCUT2D eigenvalue weighted by atomic mass is 16.2. The molecule has 0 saturated carbocycles. The number of piperazine rings is 1. The van der Waals surface area contributed by atoms with Gasteiger partial charge in [0.2, 0.25) is 5.91 Å². The summed E-state index contributed by atoms with van der Waals surface area (Å²) in [6.45, 7) is 1.88. The molecule has 3 rings (SSSR count). The van der Waals surface area contributed by atoms with Crippen molar-refractivity contribution in [3.05, 3.63) is 69.0 Å². The SMILES string of the molecule is O=C(Cn1ccc(=O)[nH]c1=O)N1CCNC(Cc2ccccc2)C1. The number of nitrogens with one attached hydrogen (secondary N) is 2. The largest absolute Gasteiger partial charge is 0.338 e. The van der Waals surface area contributed by atoms with Crippen molar-refractivity contribution in [1.82, 2.24) is 19.8 Å². The van der Waals surface area contributed by atoms with Gasteiger partial charge in [0.25, 0.3) is 5.56 Å². The zero-order valence-electron chi connectivity index (χ0n) is 13.3. The van der Waals surface area contributed by atoms with Crippen LogP contribution >= 0.6 is 0 Å². The third kappa shape index (κ3) is 3.99. The predicted octanol–water partition coefficient (Wildman–Crippen LogP) is -0.420. The molecule has 2 heterocycles. The molecule has 1 saturated heterocycles. The minimum atomic E-state index is -0.563. The normalized spacial score (nSPS) is 17.7. The van der Waals surface area contributed by atoms with Crippen molar-refractivity contribution in [1.29, 1.82) is 0 Å². The highest BCUT2D eigenvalue weighted by Gasteiger charge is 2.23. The number of aromatic amines is 1. The average molecular weight is 328 g/mol. The third-order valence-corrected chi connectivity index (χ3v) is 4.14. The van der Waals surface area contributed by atoms with Gasteiger partial charge in [-0.05, 0) is 12.0 Å². The van der Waals surface area contributed by atoms with Crippen LogP contribution in [0.15, 0.2) is 52.2 Å². The van der Waals surface area contributed by atoms with Crippen LogP contribution in [0.5, 0.6) is 0 Å². The van der Waals surface area contributed by atoms with Crippen LogP contribution in [0.2, 0.25) is 0 Å². The van der Waals surface area contributed by atoms with Crippen LogP contribution in [0.4, 0.5) is 0 Å². The maximum Gasteiger partial charge on any atom is 0.328 e. The van der Waals surface area contributed by atoms with Gasteiger partial charge in [0.05, 0.1) is 0 Å². The summed E-state index contributed by atoms with van der Waals surface area (Å²) >= 11 is 0. The lowest BCUT2D eigenvalue weighted by atomic mass is 10.0. The molecule has 1 atom stereocenters. The molecular weight excluding hydrogens is 308 g/mol. The molecule has 1 amide bonds. The van der Waals surface area contributed by atoms with E-state index < -0.39 is 11.2 Å². The van der Waals surface area contributed by atoms with Crippen LogP contribution in [-0.4, -0.2) is 46.0 Å². The molecule has 2 aromatic rings. The minimum Gasteiger partial charge on any atom is -0.338 e. The highest BCUT2D eigenvalue weighted by molar-refractivity contribution is 5.76. The van der Waals surface area contributed by atoms with Gasteiger partial charge in [-0.3, -0.25) is 19.1 Å². The second kappa shape index (κ2) is 7.27. The van der Waals surface area contributed by atoms with Gasteiger partial charge in [0, 0.05) is 37.9 Å². The van der Waals surface area contributed by atoms with Crippen molar-refractivity contribution in [2.45, 2.75) is 19.0 Å². The second-order valence-electron chi connectivity index (χ2n) is 5.92. The lowest BCUT2D eigenvalue weighted by Crippen LogP contribution is -2.54. The van der Waals surface area contributed by atoms with Crippen molar-refractivity contribution in [3.63, 3.8) is 0 Å². The van der Waals surface area contributed by atoms with Crippen molar-refractivity contribution in [2.24, 2.45) is 0 Å². The molecule has 0 spiro atoms. The summed E-state index contributed by atoms with van der Waals surface area (Å²) in [6.07, 6.45) is 2.20. The maximum absolute atomic E-state index is 12.4. The van der Waals surface area contributed by atoms with Crippen LogP contribution in [-0.2, 0) is 17.8 Å². The molecule has 7 nitrogen and oxygen atoms in total. The van der Waals surface area contributed by atoms with Gasteiger partial charge in [0.15, 0.2) is 0 Å². The molecule has 1 aliphatic rings. The van der Waals surface area contributed by atoms with Gasteiger partial charge in [-0.25, -0.2) is 4.79 Å². The maximum atomic E-state index is 12.4. The van der Waals surface area contributed by atoms with Gasteiger partial charge < -0.3 is 10.2 Å². The Morgan fingerprint density at radius 3 is 2.71 bits per heavy atom. The molecule has 1 fully saturated rings. The molecule has 1 aromatic heterocycles. The summed E-state index contributed by atoms with van der Waals surface area (Å²) in [5.74, 6) is -0.122. The Morgan fingerprint density at radius 2 is 1.96 bits per heavy atom. The van der Waals surface area contributed by atoms with Crippen molar-refractivity contribution < 1.29 is 4.79 Å². The fourth-order valence-corrected chi connectivity index (χ4v) is 2.90. The number of aromatic nitrogens is 2. The topological polar surface area (TPSA) is 87.2 Å². The van der Waals surface area contributed by atoms with E-state index in [1.54, 1.807) is 4.90 Å². The fraction of sp³-hybridized carbons (Fsp3) is 0.353. The van der Waals surface area contributed by atoms with Crippen LogP contribution in [0, 0.1) is 0 Å². The van der Waals surface area contributed by atoms with E-state index in [0.717, 1.165) is 13.0 Å². The first-order chi connectivity index (χ1) is 11.6. The molecule has 2 N–H and O–H groups in total. The number of amides is 1. The molecule has 7 heteroatoms. The van der Waals surface area contributed by atoms with Crippen LogP contribution in [0.25, 0.3) is 0 Å². The van der Waals surface area contributed by atoms with E-state index in [-0.39, 0.29) is 18.5 Å². The Balaban J connectivity index is 1.62. The molecular formula is C17H20N4O3. The standard InChI is InChI=1S/C17H20N4O3/c22-15-6-8-21(17(24)19-15)12-16(23)20-9-7-18-14(11-20)10-13-4-2-1-3-5-13/h1-6,8,14,18H,7,9-12H2,(H,19,22,24). The number of benzene rings is 1. The Morgan fingerprint density at radius 1 is 1.17 bits per heavy atom. The lowest BCUT2D eigenvalue weighted by molar-refractivity contribution is -0.133. The quantitative estimate of drug-likeness (QED) is 0.798. The summed E-state index contributed by atoms with van der Waals surface area (Å²) in [5.41, 5.74) is 0.196. The first-order valence-corrected chi connectivity index (χ1v) is 7.96.